The number of carbonyl (C=O) groups is 1. The third kappa shape index (κ3) is 3.73. The summed E-state index contributed by atoms with van der Waals surface area (Å²) in [4.78, 5) is 34.6. The Morgan fingerprint density at radius 3 is 2.70 bits per heavy atom. The maximum Gasteiger partial charge on any atom is 0.256 e. The van der Waals surface area contributed by atoms with Crippen molar-refractivity contribution in [3.63, 3.8) is 0 Å². The van der Waals surface area contributed by atoms with Gasteiger partial charge < -0.3 is 15.0 Å². The minimum Gasteiger partial charge on any atom is -0.378 e. The Labute approximate surface area is 192 Å². The molecule has 33 heavy (non-hydrogen) atoms. The normalized spacial score (nSPS) is 17.4. The molecule has 6 nitrogen and oxygen atoms in total. The van der Waals surface area contributed by atoms with Crippen molar-refractivity contribution < 1.29 is 18.7 Å². The van der Waals surface area contributed by atoms with E-state index in [1.807, 2.05) is 18.2 Å². The Bertz CT molecular complexity index is 1320. The highest BCUT2D eigenvalue weighted by molar-refractivity contribution is 6.30. The highest BCUT2D eigenvalue weighted by Gasteiger charge is 2.49. The first-order valence-corrected chi connectivity index (χ1v) is 11.0. The maximum atomic E-state index is 14.0. The molecule has 0 bridgehead atoms. The Balaban J connectivity index is 1.41. The monoisotopic (exact) mass is 471 g/mol. The number of aliphatic hydroxyl groups is 1. The molecule has 1 aromatic heterocycles. The second-order valence-electron chi connectivity index (χ2n) is 8.49. The topological polar surface area (TPSA) is 86.3 Å². The van der Waals surface area contributed by atoms with Crippen molar-refractivity contribution in [2.45, 2.75) is 37.3 Å². The van der Waals surface area contributed by atoms with Crippen LogP contribution < -0.4 is 5.56 Å². The van der Waals surface area contributed by atoms with Gasteiger partial charge in [0, 0.05) is 23.6 Å². The number of fused-ring (bicyclic) bond motifs is 1. The van der Waals surface area contributed by atoms with Gasteiger partial charge in [-0.2, -0.15) is 0 Å². The summed E-state index contributed by atoms with van der Waals surface area (Å²) in [6.07, 6.45) is 0.115. The first-order chi connectivity index (χ1) is 15.8. The maximum absolute atomic E-state index is 14.0. The van der Waals surface area contributed by atoms with E-state index >= 15 is 0 Å². The number of nitrogens with one attached hydrogen (secondary N) is 1. The predicted molar refractivity (Wildman–Crippen MR) is 117 cm³/mol. The van der Waals surface area contributed by atoms with Crippen molar-refractivity contribution in [3.8, 4) is 0 Å². The molecule has 9 heteroatoms. The Kier molecular flexibility index (Phi) is 5.29. The van der Waals surface area contributed by atoms with Crippen LogP contribution in [0.25, 0.3) is 0 Å². The Hall–Kier alpha value is -3.10. The molecule has 0 saturated heterocycles. The van der Waals surface area contributed by atoms with E-state index < -0.39 is 29.2 Å². The minimum absolute atomic E-state index is 0.0745. The number of benzene rings is 2. The van der Waals surface area contributed by atoms with Crippen LogP contribution in [0.3, 0.4) is 0 Å². The summed E-state index contributed by atoms with van der Waals surface area (Å²) >= 11 is 6.15. The first-order valence-electron chi connectivity index (χ1n) is 10.6. The number of amides is 1. The van der Waals surface area contributed by atoms with Crippen LogP contribution in [0.1, 0.15) is 47.2 Å². The average Bonchev–Trinajstić information content (AvgIpc) is 3.62. The predicted octanol–water partition coefficient (Wildman–Crippen LogP) is 3.40. The zero-order valence-electron chi connectivity index (χ0n) is 17.4. The van der Waals surface area contributed by atoms with Gasteiger partial charge in [-0.15, -0.1) is 0 Å². The fourth-order valence-electron chi connectivity index (χ4n) is 4.45. The van der Waals surface area contributed by atoms with E-state index in [1.54, 1.807) is 6.07 Å². The molecule has 2 N–H and O–H groups in total. The van der Waals surface area contributed by atoms with Crippen molar-refractivity contribution in [2.24, 2.45) is 0 Å². The summed E-state index contributed by atoms with van der Waals surface area (Å²) in [6.45, 7) is 0.120. The highest BCUT2D eigenvalue weighted by atomic mass is 35.5. The Morgan fingerprint density at radius 1 is 1.21 bits per heavy atom. The lowest BCUT2D eigenvalue weighted by molar-refractivity contribution is -0.141. The molecule has 1 atom stereocenters. The van der Waals surface area contributed by atoms with Crippen molar-refractivity contribution in [3.05, 3.63) is 97.7 Å². The van der Waals surface area contributed by atoms with Gasteiger partial charge in [0.2, 0.25) is 0 Å². The zero-order valence-corrected chi connectivity index (χ0v) is 18.2. The van der Waals surface area contributed by atoms with Gasteiger partial charge in [0.25, 0.3) is 11.5 Å². The summed E-state index contributed by atoms with van der Waals surface area (Å²) in [7, 11) is 0. The number of carbonyl (C=O) groups excluding carboxylic acids is 1. The van der Waals surface area contributed by atoms with Gasteiger partial charge in [0.15, 0.2) is 17.7 Å². The zero-order chi connectivity index (χ0) is 23.3. The largest absolute Gasteiger partial charge is 0.378 e. The molecule has 170 valence electrons. The second kappa shape index (κ2) is 8.04. The average molecular weight is 472 g/mol. The molecule has 1 amide bonds. The Morgan fingerprint density at radius 2 is 1.97 bits per heavy atom. The summed E-state index contributed by atoms with van der Waals surface area (Å²) in [5.74, 6) is -2.64. The molecule has 5 rings (SSSR count). The number of halogens is 3. The number of rotatable bonds is 4. The van der Waals surface area contributed by atoms with Crippen LogP contribution in [-0.4, -0.2) is 32.4 Å². The minimum atomic E-state index is -1.87. The second-order valence-corrected chi connectivity index (χ2v) is 8.92. The van der Waals surface area contributed by atoms with Crippen LogP contribution in [0.5, 0.6) is 0 Å². The number of hydrogen-bond donors (Lipinski definition) is 2. The summed E-state index contributed by atoms with van der Waals surface area (Å²) < 4.78 is 27.5. The standard InChI is InChI=1S/C24H20ClF2N3O3/c25-14-4-1-3-13(11-14)24(8-9-24)23-28-18-7-10-30(12-16(18)21(32)29-23)22(33)20(31)15-5-2-6-17(26)19(15)27/h1-6,11,20,31H,7-10,12H2,(H,28,29,32)/t20-/m0/s1. The number of hydrogen-bond acceptors (Lipinski definition) is 4. The van der Waals surface area contributed by atoms with Crippen LogP contribution >= 0.6 is 11.6 Å². The fraction of sp³-hybridized carbons (Fsp3) is 0.292. The van der Waals surface area contributed by atoms with Crippen LogP contribution in [0.4, 0.5) is 8.78 Å². The van der Waals surface area contributed by atoms with Gasteiger partial charge in [-0.1, -0.05) is 35.9 Å². The van der Waals surface area contributed by atoms with Crippen molar-refractivity contribution in [1.82, 2.24) is 14.9 Å². The number of aliphatic hydroxyl groups excluding tert-OH is 1. The van der Waals surface area contributed by atoms with Crippen molar-refractivity contribution >= 4 is 17.5 Å². The summed E-state index contributed by atoms with van der Waals surface area (Å²) in [5, 5.41) is 11.0. The molecular formula is C24H20ClF2N3O3. The van der Waals surface area contributed by atoms with E-state index in [2.05, 4.69) is 4.98 Å². The SMILES string of the molecule is O=C([C@@H](O)c1cccc(F)c1F)N1CCc2nc(C3(c4cccc(Cl)c4)CC3)[nH]c(=O)c2C1. The van der Waals surface area contributed by atoms with Gasteiger partial charge in [-0.25, -0.2) is 13.8 Å². The first kappa shape index (κ1) is 21.7. The van der Waals surface area contributed by atoms with E-state index in [1.165, 1.54) is 11.0 Å². The molecule has 0 unspecified atom stereocenters. The molecular weight excluding hydrogens is 452 g/mol. The fourth-order valence-corrected chi connectivity index (χ4v) is 4.64. The van der Waals surface area contributed by atoms with Gasteiger partial charge in [-0.05, 0) is 36.6 Å². The molecule has 0 radical (unpaired) electrons. The smallest absolute Gasteiger partial charge is 0.256 e. The van der Waals surface area contributed by atoms with Crippen LogP contribution in [0.2, 0.25) is 5.02 Å². The number of aromatic nitrogens is 2. The molecule has 1 aliphatic heterocycles. The van der Waals surface area contributed by atoms with E-state index in [9.17, 15) is 23.5 Å². The molecule has 2 aromatic carbocycles. The lowest BCUT2D eigenvalue weighted by atomic mass is 9.94. The number of nitrogens with zero attached hydrogens (tertiary/aromatic N) is 2. The van der Waals surface area contributed by atoms with Gasteiger partial charge >= 0.3 is 0 Å². The molecule has 2 heterocycles. The van der Waals surface area contributed by atoms with E-state index in [-0.39, 0.29) is 24.1 Å². The van der Waals surface area contributed by atoms with E-state index in [0.717, 1.165) is 30.5 Å². The van der Waals surface area contributed by atoms with Crippen molar-refractivity contribution in [1.29, 1.82) is 0 Å². The van der Waals surface area contributed by atoms with E-state index in [4.69, 9.17) is 16.6 Å². The summed E-state index contributed by atoms with van der Waals surface area (Å²) in [6, 6.07) is 10.8. The van der Waals surface area contributed by atoms with Crippen LogP contribution in [0, 0.1) is 11.6 Å². The third-order valence-electron chi connectivity index (χ3n) is 6.47. The van der Waals surface area contributed by atoms with Crippen LogP contribution in [0.15, 0.2) is 47.3 Å². The van der Waals surface area contributed by atoms with Crippen molar-refractivity contribution in [2.75, 3.05) is 6.54 Å². The molecule has 1 aliphatic carbocycles. The molecule has 2 aliphatic rings. The quantitative estimate of drug-likeness (QED) is 0.610. The summed E-state index contributed by atoms with van der Waals surface area (Å²) in [5.41, 5.74) is 0.741. The molecule has 1 fully saturated rings. The number of H-pyrrole nitrogens is 1. The lowest BCUT2D eigenvalue weighted by Crippen LogP contribution is -2.42. The third-order valence-corrected chi connectivity index (χ3v) is 6.71. The molecule has 0 spiro atoms. The van der Waals surface area contributed by atoms with E-state index in [0.29, 0.717) is 28.5 Å². The number of aromatic amines is 1. The highest BCUT2D eigenvalue weighted by Crippen LogP contribution is 2.52. The molecule has 1 saturated carbocycles. The lowest BCUT2D eigenvalue weighted by Gasteiger charge is -2.30. The van der Waals surface area contributed by atoms with Crippen LogP contribution in [-0.2, 0) is 23.2 Å². The van der Waals surface area contributed by atoms with Gasteiger partial charge in [0.1, 0.15) is 5.82 Å². The van der Waals surface area contributed by atoms with Gasteiger partial charge in [0.05, 0.1) is 23.2 Å². The molecule has 3 aromatic rings. The van der Waals surface area contributed by atoms with Gasteiger partial charge in [-0.3, -0.25) is 9.59 Å².